The minimum atomic E-state index is -0.535. The van der Waals surface area contributed by atoms with Gasteiger partial charge in [0.15, 0.2) is 0 Å². The van der Waals surface area contributed by atoms with E-state index in [1.807, 2.05) is 6.92 Å². The lowest BCUT2D eigenvalue weighted by atomic mass is 10.2. The molecule has 0 radical (unpaired) electrons. The second-order valence-corrected chi connectivity index (χ2v) is 3.01. The van der Waals surface area contributed by atoms with Gasteiger partial charge in [-0.3, -0.25) is 14.4 Å². The summed E-state index contributed by atoms with van der Waals surface area (Å²) in [6, 6.07) is 0. The Morgan fingerprint density at radius 1 is 1.07 bits per heavy atom. The van der Waals surface area contributed by atoms with Crippen LogP contribution in [0.2, 0.25) is 0 Å². The van der Waals surface area contributed by atoms with Crippen molar-refractivity contribution in [2.45, 2.75) is 32.6 Å². The Bertz CT molecular complexity index is 234. The number of esters is 2. The lowest BCUT2D eigenvalue weighted by Gasteiger charge is -2.02. The molecule has 0 spiro atoms. The molecule has 86 valence electrons. The van der Waals surface area contributed by atoms with Crippen LogP contribution in [0.5, 0.6) is 0 Å². The first-order valence-electron chi connectivity index (χ1n) is 4.84. The van der Waals surface area contributed by atoms with Gasteiger partial charge in [0.1, 0.15) is 12.2 Å². The molecule has 0 aromatic heterocycles. The molecule has 5 heteroatoms. The average molecular weight is 216 g/mol. The summed E-state index contributed by atoms with van der Waals surface area (Å²) in [6.45, 7) is 2.19. The van der Waals surface area contributed by atoms with Crippen LogP contribution in [0.3, 0.4) is 0 Å². The van der Waals surface area contributed by atoms with Crippen molar-refractivity contribution in [3.05, 3.63) is 0 Å². The van der Waals surface area contributed by atoms with Crippen LogP contribution in [0, 0.1) is 0 Å². The number of ketones is 1. The summed E-state index contributed by atoms with van der Waals surface area (Å²) in [5.74, 6) is -1.29. The highest BCUT2D eigenvalue weighted by Crippen LogP contribution is 1.99. The lowest BCUT2D eigenvalue weighted by Crippen LogP contribution is -2.13. The summed E-state index contributed by atoms with van der Waals surface area (Å²) >= 11 is 0. The fraction of sp³-hybridized carbons (Fsp3) is 0.700. The Morgan fingerprint density at radius 3 is 2.27 bits per heavy atom. The van der Waals surface area contributed by atoms with Crippen LogP contribution < -0.4 is 0 Å². The van der Waals surface area contributed by atoms with E-state index in [1.54, 1.807) is 0 Å². The number of carbonyl (C=O) groups is 3. The van der Waals surface area contributed by atoms with Crippen molar-refractivity contribution in [3.8, 4) is 0 Å². The molecule has 0 aliphatic heterocycles. The quantitative estimate of drug-likeness (QED) is 0.466. The van der Waals surface area contributed by atoms with Gasteiger partial charge in [-0.1, -0.05) is 6.92 Å². The van der Waals surface area contributed by atoms with E-state index in [0.717, 1.165) is 6.42 Å². The van der Waals surface area contributed by atoms with Gasteiger partial charge >= 0.3 is 11.9 Å². The number of methoxy groups -OCH3 is 1. The molecule has 0 unspecified atom stereocenters. The third-order valence-electron chi connectivity index (χ3n) is 1.64. The molecule has 0 aliphatic carbocycles. The van der Waals surface area contributed by atoms with Gasteiger partial charge in [0, 0.05) is 6.42 Å². The van der Waals surface area contributed by atoms with Crippen LogP contribution in [0.4, 0.5) is 0 Å². The van der Waals surface area contributed by atoms with E-state index in [1.165, 1.54) is 7.11 Å². The van der Waals surface area contributed by atoms with Gasteiger partial charge in [-0.05, 0) is 6.42 Å². The third kappa shape index (κ3) is 7.66. The van der Waals surface area contributed by atoms with Crippen molar-refractivity contribution in [1.82, 2.24) is 0 Å². The predicted molar refractivity (Wildman–Crippen MR) is 52.1 cm³/mol. The average Bonchev–Trinajstić information content (AvgIpc) is 2.22. The minimum Gasteiger partial charge on any atom is -0.469 e. The molecule has 0 fully saturated rings. The molecule has 5 nitrogen and oxygen atoms in total. The fourth-order valence-electron chi connectivity index (χ4n) is 0.860. The van der Waals surface area contributed by atoms with Crippen molar-refractivity contribution in [2.75, 3.05) is 13.7 Å². The molecule has 0 heterocycles. The smallest absolute Gasteiger partial charge is 0.313 e. The van der Waals surface area contributed by atoms with Gasteiger partial charge < -0.3 is 9.47 Å². The van der Waals surface area contributed by atoms with E-state index in [-0.39, 0.29) is 25.0 Å². The SMILES string of the molecule is CCCOC(=O)CC(=O)CCC(=O)OC. The molecule has 0 aromatic carbocycles. The third-order valence-corrected chi connectivity index (χ3v) is 1.64. The maximum Gasteiger partial charge on any atom is 0.313 e. The van der Waals surface area contributed by atoms with Crippen molar-refractivity contribution in [2.24, 2.45) is 0 Å². The van der Waals surface area contributed by atoms with Gasteiger partial charge in [-0.15, -0.1) is 0 Å². The van der Waals surface area contributed by atoms with E-state index in [2.05, 4.69) is 4.74 Å². The van der Waals surface area contributed by atoms with Crippen LogP contribution in [0.25, 0.3) is 0 Å². The standard InChI is InChI=1S/C10H16O5/c1-3-6-15-10(13)7-8(11)4-5-9(12)14-2/h3-7H2,1-2H3. The van der Waals surface area contributed by atoms with E-state index in [0.29, 0.717) is 6.61 Å². The van der Waals surface area contributed by atoms with Crippen molar-refractivity contribution >= 4 is 17.7 Å². The molecule has 15 heavy (non-hydrogen) atoms. The number of hydrogen-bond acceptors (Lipinski definition) is 5. The summed E-state index contributed by atoms with van der Waals surface area (Å²) < 4.78 is 9.08. The Morgan fingerprint density at radius 2 is 1.73 bits per heavy atom. The first-order chi connectivity index (χ1) is 7.10. The van der Waals surface area contributed by atoms with Gasteiger partial charge in [-0.25, -0.2) is 0 Å². The zero-order valence-corrected chi connectivity index (χ0v) is 9.08. The first kappa shape index (κ1) is 13.6. The largest absolute Gasteiger partial charge is 0.469 e. The van der Waals surface area contributed by atoms with E-state index < -0.39 is 11.9 Å². The monoisotopic (exact) mass is 216 g/mol. The minimum absolute atomic E-state index is 0.0103. The van der Waals surface area contributed by atoms with Crippen LogP contribution in [-0.2, 0) is 23.9 Å². The number of Topliss-reactive ketones (excluding diaryl/α,β-unsaturated/α-hetero) is 1. The summed E-state index contributed by atoms with van der Waals surface area (Å²) in [7, 11) is 1.25. The maximum atomic E-state index is 11.1. The highest BCUT2D eigenvalue weighted by molar-refractivity contribution is 5.96. The fourth-order valence-corrected chi connectivity index (χ4v) is 0.860. The van der Waals surface area contributed by atoms with Crippen LogP contribution in [0.15, 0.2) is 0 Å². The highest BCUT2D eigenvalue weighted by atomic mass is 16.5. The first-order valence-corrected chi connectivity index (χ1v) is 4.84. The van der Waals surface area contributed by atoms with E-state index >= 15 is 0 Å². The second kappa shape index (κ2) is 7.96. The zero-order chi connectivity index (χ0) is 11.7. The van der Waals surface area contributed by atoms with Gasteiger partial charge in [-0.2, -0.15) is 0 Å². The van der Waals surface area contributed by atoms with Crippen LogP contribution >= 0.6 is 0 Å². The molecular weight excluding hydrogens is 200 g/mol. The summed E-state index contributed by atoms with van der Waals surface area (Å²) in [5, 5.41) is 0. The van der Waals surface area contributed by atoms with Crippen molar-refractivity contribution < 1.29 is 23.9 Å². The number of hydrogen-bond donors (Lipinski definition) is 0. The molecular formula is C10H16O5. The zero-order valence-electron chi connectivity index (χ0n) is 9.08. The molecule has 0 saturated heterocycles. The van der Waals surface area contributed by atoms with Gasteiger partial charge in [0.2, 0.25) is 0 Å². The summed E-state index contributed by atoms with van der Waals surface area (Å²) in [4.78, 5) is 32.8. The van der Waals surface area contributed by atoms with E-state index in [9.17, 15) is 14.4 Å². The molecule has 0 atom stereocenters. The number of ether oxygens (including phenoxy) is 2. The number of rotatable bonds is 7. The van der Waals surface area contributed by atoms with Crippen molar-refractivity contribution in [3.63, 3.8) is 0 Å². The Hall–Kier alpha value is -1.39. The molecule has 0 amide bonds. The van der Waals surface area contributed by atoms with E-state index in [4.69, 9.17) is 4.74 Å². The molecule has 0 saturated carbocycles. The maximum absolute atomic E-state index is 11.1. The molecule has 0 N–H and O–H groups in total. The molecule has 0 aromatic rings. The number of carbonyl (C=O) groups excluding carboxylic acids is 3. The Labute approximate surface area is 88.7 Å². The highest BCUT2D eigenvalue weighted by Gasteiger charge is 2.12. The van der Waals surface area contributed by atoms with Crippen LogP contribution in [-0.4, -0.2) is 31.4 Å². The summed E-state index contributed by atoms with van der Waals surface area (Å²) in [6.07, 6.45) is 0.489. The Balaban J connectivity index is 3.64. The second-order valence-electron chi connectivity index (χ2n) is 3.01. The topological polar surface area (TPSA) is 69.7 Å². The van der Waals surface area contributed by atoms with Gasteiger partial charge in [0.05, 0.1) is 20.1 Å². The lowest BCUT2D eigenvalue weighted by molar-refractivity contribution is -0.147. The molecule has 0 rings (SSSR count). The Kier molecular flexibility index (Phi) is 7.23. The summed E-state index contributed by atoms with van der Waals surface area (Å²) in [5.41, 5.74) is 0. The van der Waals surface area contributed by atoms with Crippen LogP contribution in [0.1, 0.15) is 32.6 Å². The van der Waals surface area contributed by atoms with Crippen molar-refractivity contribution in [1.29, 1.82) is 0 Å². The normalized spacial score (nSPS) is 9.47. The van der Waals surface area contributed by atoms with Gasteiger partial charge in [0.25, 0.3) is 0 Å². The predicted octanol–water partition coefficient (Wildman–Crippen LogP) is 0.852. The molecule has 0 aliphatic rings. The molecule has 0 bridgehead atoms.